The molecule has 1 fully saturated rings. The fourth-order valence-electron chi connectivity index (χ4n) is 2.78. The molecule has 0 aliphatic carbocycles. The first kappa shape index (κ1) is 19.7. The summed E-state index contributed by atoms with van der Waals surface area (Å²) >= 11 is 3.29. The van der Waals surface area contributed by atoms with Crippen LogP contribution in [0.2, 0.25) is 0 Å². The number of amides is 1. The second-order valence-corrected chi connectivity index (χ2v) is 8.89. The van der Waals surface area contributed by atoms with Gasteiger partial charge in [-0.05, 0) is 36.4 Å². The van der Waals surface area contributed by atoms with Crippen LogP contribution in [0.3, 0.4) is 0 Å². The van der Waals surface area contributed by atoms with Crippen molar-refractivity contribution in [2.45, 2.75) is 4.90 Å². The highest BCUT2D eigenvalue weighted by Gasteiger charge is 2.29. The van der Waals surface area contributed by atoms with Crippen LogP contribution in [-0.4, -0.2) is 49.7 Å². The molecular formula is C19H18BrFN2O3S. The van der Waals surface area contributed by atoms with Crippen LogP contribution in [0.1, 0.15) is 5.56 Å². The normalized spacial score (nSPS) is 16.0. The Morgan fingerprint density at radius 3 is 2.26 bits per heavy atom. The fourth-order valence-corrected chi connectivity index (χ4v) is 4.47. The smallest absolute Gasteiger partial charge is 0.246 e. The van der Waals surface area contributed by atoms with E-state index in [0.717, 1.165) is 4.47 Å². The molecule has 3 rings (SSSR count). The summed E-state index contributed by atoms with van der Waals surface area (Å²) in [4.78, 5) is 14.1. The summed E-state index contributed by atoms with van der Waals surface area (Å²) in [6.07, 6.45) is 2.75. The van der Waals surface area contributed by atoms with E-state index in [1.807, 2.05) is 0 Å². The van der Waals surface area contributed by atoms with Crippen molar-refractivity contribution in [1.29, 1.82) is 0 Å². The Hall–Kier alpha value is -2.03. The lowest BCUT2D eigenvalue weighted by atomic mass is 10.2. The largest absolute Gasteiger partial charge is 0.337 e. The van der Waals surface area contributed by atoms with Gasteiger partial charge in [0.15, 0.2) is 0 Å². The van der Waals surface area contributed by atoms with Gasteiger partial charge < -0.3 is 4.90 Å². The van der Waals surface area contributed by atoms with Crippen molar-refractivity contribution in [2.75, 3.05) is 26.2 Å². The molecule has 0 atom stereocenters. The van der Waals surface area contributed by atoms with Crippen molar-refractivity contribution < 1.29 is 17.6 Å². The van der Waals surface area contributed by atoms with Crippen LogP contribution in [0, 0.1) is 5.82 Å². The molecule has 5 nitrogen and oxygen atoms in total. The molecule has 1 heterocycles. The van der Waals surface area contributed by atoms with Gasteiger partial charge in [0.2, 0.25) is 15.9 Å². The van der Waals surface area contributed by atoms with Gasteiger partial charge in [0.1, 0.15) is 5.82 Å². The third-order valence-corrected chi connectivity index (χ3v) is 6.75. The predicted octanol–water partition coefficient (Wildman–Crippen LogP) is 3.13. The van der Waals surface area contributed by atoms with Crippen molar-refractivity contribution in [1.82, 2.24) is 9.21 Å². The van der Waals surface area contributed by atoms with Crippen LogP contribution < -0.4 is 0 Å². The van der Waals surface area contributed by atoms with Gasteiger partial charge in [0, 0.05) is 42.3 Å². The van der Waals surface area contributed by atoms with Crippen LogP contribution in [0.15, 0.2) is 64.0 Å². The third kappa shape index (κ3) is 4.63. The van der Waals surface area contributed by atoms with Crippen LogP contribution in [0.25, 0.3) is 6.08 Å². The highest BCUT2D eigenvalue weighted by Crippen LogP contribution is 2.20. The van der Waals surface area contributed by atoms with Gasteiger partial charge in [0.05, 0.1) is 4.90 Å². The van der Waals surface area contributed by atoms with Gasteiger partial charge >= 0.3 is 0 Å². The minimum atomic E-state index is -3.58. The number of piperazine rings is 1. The van der Waals surface area contributed by atoms with Crippen molar-refractivity contribution in [3.63, 3.8) is 0 Å². The number of carbonyl (C=O) groups excluding carboxylic acids is 1. The highest BCUT2D eigenvalue weighted by molar-refractivity contribution is 9.10. The zero-order valence-electron chi connectivity index (χ0n) is 14.4. The number of nitrogens with zero attached hydrogens (tertiary/aromatic N) is 2. The SMILES string of the molecule is O=C(/C=C/c1ccccc1F)N1CCN(S(=O)(=O)c2ccc(Br)cc2)CC1. The molecule has 1 aliphatic heterocycles. The maximum absolute atomic E-state index is 13.6. The summed E-state index contributed by atoms with van der Waals surface area (Å²) in [7, 11) is -3.58. The molecule has 142 valence electrons. The Labute approximate surface area is 166 Å². The first-order chi connectivity index (χ1) is 12.9. The van der Waals surface area contributed by atoms with Crippen LogP contribution in [0.4, 0.5) is 4.39 Å². The Morgan fingerprint density at radius 2 is 1.63 bits per heavy atom. The summed E-state index contributed by atoms with van der Waals surface area (Å²) in [5.74, 6) is -0.661. The zero-order chi connectivity index (χ0) is 19.4. The lowest BCUT2D eigenvalue weighted by Crippen LogP contribution is -2.50. The van der Waals surface area contributed by atoms with Crippen LogP contribution >= 0.6 is 15.9 Å². The van der Waals surface area contributed by atoms with Crippen LogP contribution in [0.5, 0.6) is 0 Å². The average Bonchev–Trinajstić information content (AvgIpc) is 2.67. The topological polar surface area (TPSA) is 57.7 Å². The van der Waals surface area contributed by atoms with Crippen molar-refractivity contribution in [3.8, 4) is 0 Å². The van der Waals surface area contributed by atoms with E-state index in [0.29, 0.717) is 5.56 Å². The molecule has 0 unspecified atom stereocenters. The lowest BCUT2D eigenvalue weighted by molar-refractivity contribution is -0.127. The van der Waals surface area contributed by atoms with Crippen molar-refractivity contribution in [2.24, 2.45) is 0 Å². The summed E-state index contributed by atoms with van der Waals surface area (Å²) < 4.78 is 41.1. The van der Waals surface area contributed by atoms with E-state index in [1.54, 1.807) is 47.4 Å². The summed E-state index contributed by atoms with van der Waals surface area (Å²) in [6.45, 7) is 1.02. The molecule has 0 bridgehead atoms. The number of rotatable bonds is 4. The van der Waals surface area contributed by atoms with E-state index in [4.69, 9.17) is 0 Å². The zero-order valence-corrected chi connectivity index (χ0v) is 16.8. The molecule has 8 heteroatoms. The first-order valence-corrected chi connectivity index (χ1v) is 10.6. The lowest BCUT2D eigenvalue weighted by Gasteiger charge is -2.33. The quantitative estimate of drug-likeness (QED) is 0.669. The number of sulfonamides is 1. The average molecular weight is 453 g/mol. The van der Waals surface area contributed by atoms with E-state index in [1.165, 1.54) is 22.5 Å². The minimum Gasteiger partial charge on any atom is -0.337 e. The predicted molar refractivity (Wildman–Crippen MR) is 105 cm³/mol. The molecule has 1 amide bonds. The monoisotopic (exact) mass is 452 g/mol. The molecule has 0 N–H and O–H groups in total. The molecule has 0 radical (unpaired) electrons. The van der Waals surface area contributed by atoms with E-state index in [-0.39, 0.29) is 37.0 Å². The second kappa shape index (κ2) is 8.33. The van der Waals surface area contributed by atoms with Gasteiger partial charge in [-0.25, -0.2) is 12.8 Å². The number of halogens is 2. The fraction of sp³-hybridized carbons (Fsp3) is 0.211. The molecular weight excluding hydrogens is 435 g/mol. The summed E-state index contributed by atoms with van der Waals surface area (Å²) in [5.41, 5.74) is 0.335. The second-order valence-electron chi connectivity index (χ2n) is 6.04. The van der Waals surface area contributed by atoms with E-state index < -0.39 is 15.8 Å². The van der Waals surface area contributed by atoms with Crippen LogP contribution in [-0.2, 0) is 14.8 Å². The van der Waals surface area contributed by atoms with Gasteiger partial charge in [-0.2, -0.15) is 4.31 Å². The number of hydrogen-bond acceptors (Lipinski definition) is 3. The first-order valence-electron chi connectivity index (χ1n) is 8.35. The minimum absolute atomic E-state index is 0.220. The summed E-state index contributed by atoms with van der Waals surface area (Å²) in [6, 6.07) is 12.7. The number of carbonyl (C=O) groups is 1. The third-order valence-electron chi connectivity index (χ3n) is 4.31. The Morgan fingerprint density at radius 1 is 1.00 bits per heavy atom. The van der Waals surface area contributed by atoms with Gasteiger partial charge in [-0.15, -0.1) is 0 Å². The Kier molecular flexibility index (Phi) is 6.08. The van der Waals surface area contributed by atoms with Gasteiger partial charge in [0.25, 0.3) is 0 Å². The molecule has 2 aromatic rings. The molecule has 2 aromatic carbocycles. The molecule has 27 heavy (non-hydrogen) atoms. The van der Waals surface area contributed by atoms with Crippen molar-refractivity contribution in [3.05, 3.63) is 70.5 Å². The molecule has 1 aliphatic rings. The molecule has 0 saturated carbocycles. The molecule has 0 spiro atoms. The molecule has 0 aromatic heterocycles. The molecule has 1 saturated heterocycles. The van der Waals surface area contributed by atoms with E-state index in [2.05, 4.69) is 15.9 Å². The van der Waals surface area contributed by atoms with E-state index >= 15 is 0 Å². The van der Waals surface area contributed by atoms with Gasteiger partial charge in [-0.3, -0.25) is 4.79 Å². The maximum Gasteiger partial charge on any atom is 0.246 e. The summed E-state index contributed by atoms with van der Waals surface area (Å²) in [5, 5.41) is 0. The highest BCUT2D eigenvalue weighted by atomic mass is 79.9. The Balaban J connectivity index is 1.62. The van der Waals surface area contributed by atoms with E-state index in [9.17, 15) is 17.6 Å². The standard InChI is InChI=1S/C19H18BrFN2O3S/c20-16-6-8-17(9-7-16)27(25,26)23-13-11-22(12-14-23)19(24)10-5-15-3-1-2-4-18(15)21/h1-10H,11-14H2/b10-5+. The number of hydrogen-bond donors (Lipinski definition) is 0. The number of benzene rings is 2. The van der Waals surface area contributed by atoms with Gasteiger partial charge in [-0.1, -0.05) is 34.1 Å². The van der Waals surface area contributed by atoms with Crippen molar-refractivity contribution >= 4 is 37.9 Å². The Bertz CT molecular complexity index is 953. The maximum atomic E-state index is 13.6.